The van der Waals surface area contributed by atoms with Gasteiger partial charge in [0.1, 0.15) is 11.5 Å². The summed E-state index contributed by atoms with van der Waals surface area (Å²) in [7, 11) is 0. The van der Waals surface area contributed by atoms with Gasteiger partial charge in [-0.05, 0) is 44.4 Å². The van der Waals surface area contributed by atoms with Gasteiger partial charge in [-0.3, -0.25) is 4.40 Å². The first-order chi connectivity index (χ1) is 9.43. The van der Waals surface area contributed by atoms with Gasteiger partial charge in [-0.2, -0.15) is 0 Å². The Labute approximate surface area is 113 Å². The molecule has 19 heavy (non-hydrogen) atoms. The van der Waals surface area contributed by atoms with Crippen molar-refractivity contribution in [3.05, 3.63) is 30.6 Å². The Hall–Kier alpha value is -1.55. The highest BCUT2D eigenvalue weighted by molar-refractivity contribution is 5.53. The van der Waals surface area contributed by atoms with Crippen molar-refractivity contribution in [3.8, 4) is 0 Å². The van der Waals surface area contributed by atoms with Gasteiger partial charge in [0.25, 0.3) is 0 Å². The summed E-state index contributed by atoms with van der Waals surface area (Å²) in [6, 6.07) is 7.73. The molecule has 2 aromatic heterocycles. The Morgan fingerprint density at radius 2 is 2.21 bits per heavy atom. The zero-order valence-electron chi connectivity index (χ0n) is 11.1. The third-order valence-corrected chi connectivity index (χ3v) is 4.56. The molecule has 0 aliphatic carbocycles. The van der Waals surface area contributed by atoms with Crippen molar-refractivity contribution in [2.24, 2.45) is 0 Å². The van der Waals surface area contributed by atoms with Crippen LogP contribution in [0.4, 0.5) is 5.82 Å². The van der Waals surface area contributed by atoms with Crippen molar-refractivity contribution in [1.29, 1.82) is 0 Å². The molecule has 0 saturated carbocycles. The van der Waals surface area contributed by atoms with Crippen LogP contribution >= 0.6 is 0 Å². The minimum absolute atomic E-state index is 0.649. The average Bonchev–Trinajstić information content (AvgIpc) is 3.18. The quantitative estimate of drug-likeness (QED) is 0.892. The van der Waals surface area contributed by atoms with Crippen molar-refractivity contribution in [2.45, 2.75) is 37.8 Å². The lowest BCUT2D eigenvalue weighted by Gasteiger charge is -2.31. The number of anilines is 1. The third-order valence-electron chi connectivity index (χ3n) is 4.56. The van der Waals surface area contributed by atoms with Crippen molar-refractivity contribution >= 4 is 11.5 Å². The number of nitrogens with one attached hydrogen (secondary N) is 1. The number of imidazole rings is 1. The second kappa shape index (κ2) is 4.53. The fourth-order valence-electron chi connectivity index (χ4n) is 3.70. The van der Waals surface area contributed by atoms with E-state index < -0.39 is 0 Å². The summed E-state index contributed by atoms with van der Waals surface area (Å²) < 4.78 is 2.22. The minimum Gasteiger partial charge on any atom is -0.353 e. The van der Waals surface area contributed by atoms with Gasteiger partial charge < -0.3 is 10.2 Å². The standard InChI is InChI=1S/C15H20N4/c1-6-14-17-9-11-19(14)15(7-1)18-10-3-5-13(18)12-4-2-8-16-12/h1,6-7,9,11-13,16H,2-5,8,10H2. The van der Waals surface area contributed by atoms with E-state index in [1.807, 2.05) is 6.20 Å². The van der Waals surface area contributed by atoms with E-state index in [-0.39, 0.29) is 0 Å². The van der Waals surface area contributed by atoms with Crippen LogP contribution in [0.2, 0.25) is 0 Å². The number of fused-ring (bicyclic) bond motifs is 1. The van der Waals surface area contributed by atoms with Gasteiger partial charge in [0.15, 0.2) is 0 Å². The molecule has 0 aromatic carbocycles. The molecule has 4 nitrogen and oxygen atoms in total. The molecule has 2 aromatic rings. The number of aromatic nitrogens is 2. The second-order valence-electron chi connectivity index (χ2n) is 5.65. The highest BCUT2D eigenvalue weighted by Gasteiger charge is 2.34. The minimum atomic E-state index is 0.649. The van der Waals surface area contributed by atoms with Crippen LogP contribution in [-0.4, -0.2) is 34.6 Å². The van der Waals surface area contributed by atoms with Crippen LogP contribution < -0.4 is 10.2 Å². The first-order valence-corrected chi connectivity index (χ1v) is 7.35. The highest BCUT2D eigenvalue weighted by atomic mass is 15.3. The van der Waals surface area contributed by atoms with Gasteiger partial charge in [0.05, 0.1) is 0 Å². The molecule has 0 bridgehead atoms. The highest BCUT2D eigenvalue weighted by Crippen LogP contribution is 2.30. The fraction of sp³-hybridized carbons (Fsp3) is 0.533. The number of pyridine rings is 1. The Kier molecular flexibility index (Phi) is 2.69. The van der Waals surface area contributed by atoms with Crippen molar-refractivity contribution in [2.75, 3.05) is 18.0 Å². The van der Waals surface area contributed by atoms with Crippen molar-refractivity contribution in [1.82, 2.24) is 14.7 Å². The van der Waals surface area contributed by atoms with E-state index in [1.54, 1.807) is 0 Å². The maximum atomic E-state index is 4.39. The summed E-state index contributed by atoms with van der Waals surface area (Å²) in [5.41, 5.74) is 1.04. The topological polar surface area (TPSA) is 32.6 Å². The van der Waals surface area contributed by atoms with Crippen molar-refractivity contribution in [3.63, 3.8) is 0 Å². The van der Waals surface area contributed by atoms with E-state index >= 15 is 0 Å². The van der Waals surface area contributed by atoms with E-state index in [0.717, 1.165) is 5.65 Å². The maximum absolute atomic E-state index is 4.39. The Morgan fingerprint density at radius 3 is 3.11 bits per heavy atom. The molecule has 2 unspecified atom stereocenters. The molecule has 1 N–H and O–H groups in total. The predicted molar refractivity (Wildman–Crippen MR) is 76.6 cm³/mol. The summed E-state index contributed by atoms with van der Waals surface area (Å²) in [5.74, 6) is 1.30. The molecule has 100 valence electrons. The van der Waals surface area contributed by atoms with Crippen LogP contribution in [0.15, 0.2) is 30.6 Å². The van der Waals surface area contributed by atoms with Gasteiger partial charge in [0.2, 0.25) is 0 Å². The summed E-state index contributed by atoms with van der Waals surface area (Å²) >= 11 is 0. The predicted octanol–water partition coefficient (Wildman–Crippen LogP) is 2.06. The normalized spacial score (nSPS) is 27.5. The summed E-state index contributed by atoms with van der Waals surface area (Å²) in [6.45, 7) is 2.35. The molecule has 2 saturated heterocycles. The number of hydrogen-bond acceptors (Lipinski definition) is 3. The van der Waals surface area contributed by atoms with E-state index in [2.05, 4.69) is 44.0 Å². The van der Waals surface area contributed by atoms with E-state index in [0.29, 0.717) is 12.1 Å². The number of nitrogens with zero attached hydrogens (tertiary/aromatic N) is 3. The lowest BCUT2D eigenvalue weighted by molar-refractivity contribution is 0.480. The van der Waals surface area contributed by atoms with Crippen LogP contribution in [0, 0.1) is 0 Å². The van der Waals surface area contributed by atoms with Gasteiger partial charge in [-0.25, -0.2) is 4.98 Å². The van der Waals surface area contributed by atoms with Gasteiger partial charge >= 0.3 is 0 Å². The monoisotopic (exact) mass is 256 g/mol. The van der Waals surface area contributed by atoms with E-state index in [9.17, 15) is 0 Å². The molecule has 4 heteroatoms. The maximum Gasteiger partial charge on any atom is 0.138 e. The fourth-order valence-corrected chi connectivity index (χ4v) is 3.70. The summed E-state index contributed by atoms with van der Waals surface area (Å²) in [4.78, 5) is 6.98. The van der Waals surface area contributed by atoms with Crippen LogP contribution in [0.5, 0.6) is 0 Å². The number of rotatable bonds is 2. The number of hydrogen-bond donors (Lipinski definition) is 1. The van der Waals surface area contributed by atoms with Gasteiger partial charge in [-0.1, -0.05) is 6.07 Å². The molecular weight excluding hydrogens is 236 g/mol. The zero-order chi connectivity index (χ0) is 12.7. The first-order valence-electron chi connectivity index (χ1n) is 7.35. The molecule has 2 fully saturated rings. The average molecular weight is 256 g/mol. The molecule has 0 amide bonds. The zero-order valence-corrected chi connectivity index (χ0v) is 11.1. The Balaban J connectivity index is 1.72. The molecule has 2 atom stereocenters. The second-order valence-corrected chi connectivity index (χ2v) is 5.65. The van der Waals surface area contributed by atoms with Gasteiger partial charge in [-0.15, -0.1) is 0 Å². The van der Waals surface area contributed by atoms with Crippen LogP contribution in [0.1, 0.15) is 25.7 Å². The molecule has 0 spiro atoms. The lowest BCUT2D eigenvalue weighted by atomic mass is 10.0. The molecular formula is C15H20N4. The largest absolute Gasteiger partial charge is 0.353 e. The molecule has 0 radical (unpaired) electrons. The molecule has 2 aliphatic heterocycles. The Morgan fingerprint density at radius 1 is 1.21 bits per heavy atom. The van der Waals surface area contributed by atoms with Gasteiger partial charge in [0, 0.05) is 31.0 Å². The molecule has 2 aliphatic rings. The van der Waals surface area contributed by atoms with Crippen LogP contribution in [-0.2, 0) is 0 Å². The third kappa shape index (κ3) is 1.82. The van der Waals surface area contributed by atoms with E-state index in [1.165, 1.54) is 44.6 Å². The van der Waals surface area contributed by atoms with Crippen molar-refractivity contribution < 1.29 is 0 Å². The SMILES string of the molecule is c1cc(N2CCCC2C2CCCN2)n2ccnc2c1. The summed E-state index contributed by atoms with van der Waals surface area (Å²) in [6.07, 6.45) is 9.21. The molecule has 4 heterocycles. The van der Waals surface area contributed by atoms with E-state index in [4.69, 9.17) is 0 Å². The van der Waals surface area contributed by atoms with Crippen LogP contribution in [0.25, 0.3) is 5.65 Å². The first kappa shape index (κ1) is 11.3. The smallest absolute Gasteiger partial charge is 0.138 e. The lowest BCUT2D eigenvalue weighted by Crippen LogP contribution is -2.44. The Bertz CT molecular complexity index is 570. The molecule has 4 rings (SSSR count). The van der Waals surface area contributed by atoms with Crippen LogP contribution in [0.3, 0.4) is 0 Å². The summed E-state index contributed by atoms with van der Waals surface area (Å²) in [5, 5.41) is 3.67.